The number of hydrogen-bond donors (Lipinski definition) is 4. The van der Waals surface area contributed by atoms with E-state index in [0.717, 1.165) is 25.7 Å². The number of ether oxygens (including phenoxy) is 7. The van der Waals surface area contributed by atoms with Crippen molar-refractivity contribution in [3.63, 3.8) is 0 Å². The normalized spacial score (nSPS) is 13.0. The molecule has 386 valence electrons. The van der Waals surface area contributed by atoms with Crippen molar-refractivity contribution in [1.29, 1.82) is 0 Å². The molecular formula is C47H82N4O16. The molecule has 0 radical (unpaired) electrons. The van der Waals surface area contributed by atoms with Crippen molar-refractivity contribution in [3.05, 3.63) is 0 Å². The largest absolute Gasteiger partial charge is 0.466 e. The highest BCUT2D eigenvalue weighted by Gasteiger charge is 2.31. The van der Waals surface area contributed by atoms with Gasteiger partial charge in [0.1, 0.15) is 30.3 Å². The Hall–Kier alpha value is -4.69. The number of ketones is 1. The summed E-state index contributed by atoms with van der Waals surface area (Å²) in [4.78, 5) is 116. The number of unbranched alkanes of at least 4 members (excludes halogenated alkanes) is 4. The van der Waals surface area contributed by atoms with Gasteiger partial charge in [-0.1, -0.05) is 53.4 Å². The van der Waals surface area contributed by atoms with Crippen LogP contribution >= 0.6 is 0 Å². The Morgan fingerprint density at radius 2 is 1.00 bits per heavy atom. The van der Waals surface area contributed by atoms with Crippen LogP contribution in [0.5, 0.6) is 0 Å². The Balaban J connectivity index is 5.68. The van der Waals surface area contributed by atoms with Gasteiger partial charge in [0.2, 0.25) is 17.7 Å². The Morgan fingerprint density at radius 1 is 0.522 bits per heavy atom. The van der Waals surface area contributed by atoms with Gasteiger partial charge in [-0.2, -0.15) is 0 Å². The van der Waals surface area contributed by atoms with Crippen molar-refractivity contribution in [2.45, 2.75) is 181 Å². The van der Waals surface area contributed by atoms with Crippen LogP contribution in [-0.4, -0.2) is 136 Å². The van der Waals surface area contributed by atoms with Crippen molar-refractivity contribution in [2.24, 2.45) is 11.7 Å². The first-order chi connectivity index (χ1) is 31.9. The van der Waals surface area contributed by atoms with Gasteiger partial charge in [-0.05, 0) is 72.1 Å². The summed E-state index contributed by atoms with van der Waals surface area (Å²) in [5.41, 5.74) is 5.14. The van der Waals surface area contributed by atoms with Crippen LogP contribution in [0.1, 0.15) is 158 Å². The number of rotatable bonds is 40. The van der Waals surface area contributed by atoms with E-state index in [1.807, 2.05) is 27.7 Å². The number of esters is 5. The molecule has 0 aliphatic rings. The van der Waals surface area contributed by atoms with Gasteiger partial charge in [-0.3, -0.25) is 33.6 Å². The van der Waals surface area contributed by atoms with Gasteiger partial charge in [0.15, 0.2) is 5.78 Å². The lowest BCUT2D eigenvalue weighted by Gasteiger charge is -2.22. The molecule has 3 amide bonds. The average Bonchev–Trinajstić information content (AvgIpc) is 3.27. The molecule has 0 saturated heterocycles. The molecule has 4 unspecified atom stereocenters. The van der Waals surface area contributed by atoms with Gasteiger partial charge in [0.25, 0.3) is 0 Å². The highest BCUT2D eigenvalue weighted by molar-refractivity contribution is 5.91. The molecule has 0 aliphatic heterocycles. The number of Topliss-reactive ketones (excluding diaryl/α,β-unsaturated/α-hetero) is 1. The molecule has 0 spiro atoms. The van der Waals surface area contributed by atoms with E-state index in [2.05, 4.69) is 16.0 Å². The maximum absolute atomic E-state index is 13.9. The zero-order valence-electron chi connectivity index (χ0n) is 41.3. The molecule has 0 aromatic carbocycles. The predicted octanol–water partition coefficient (Wildman–Crippen LogP) is 3.84. The van der Waals surface area contributed by atoms with E-state index in [-0.39, 0.29) is 110 Å². The first-order valence-corrected chi connectivity index (χ1v) is 24.0. The average molecular weight is 959 g/mol. The highest BCUT2D eigenvalue weighted by Crippen LogP contribution is 2.16. The molecular weight excluding hydrogens is 877 g/mol. The number of nitrogens with one attached hydrogen (secondary N) is 3. The van der Waals surface area contributed by atoms with Gasteiger partial charge < -0.3 is 54.8 Å². The Bertz CT molecular complexity index is 1490. The van der Waals surface area contributed by atoms with Crippen molar-refractivity contribution in [2.75, 3.05) is 59.4 Å². The summed E-state index contributed by atoms with van der Waals surface area (Å²) in [5, 5.41) is 7.88. The second-order valence-corrected chi connectivity index (χ2v) is 17.1. The van der Waals surface area contributed by atoms with E-state index >= 15 is 0 Å². The van der Waals surface area contributed by atoms with Crippen molar-refractivity contribution in [3.8, 4) is 0 Å². The van der Waals surface area contributed by atoms with E-state index in [9.17, 15) is 43.2 Å². The fraction of sp³-hybridized carbons (Fsp3) is 0.809. The minimum Gasteiger partial charge on any atom is -0.466 e. The number of nitrogens with two attached hydrogens (primary N) is 1. The summed E-state index contributed by atoms with van der Waals surface area (Å²) >= 11 is 0. The topological polar surface area (TPSA) is 280 Å². The molecule has 0 fully saturated rings. The maximum Gasteiger partial charge on any atom is 0.328 e. The van der Waals surface area contributed by atoms with Crippen LogP contribution in [0, 0.1) is 5.92 Å². The fourth-order valence-corrected chi connectivity index (χ4v) is 5.72. The van der Waals surface area contributed by atoms with Crippen LogP contribution in [0.3, 0.4) is 0 Å². The third kappa shape index (κ3) is 34.3. The van der Waals surface area contributed by atoms with Gasteiger partial charge in [0.05, 0.1) is 46.2 Å². The predicted molar refractivity (Wildman–Crippen MR) is 246 cm³/mol. The zero-order valence-corrected chi connectivity index (χ0v) is 41.3. The van der Waals surface area contributed by atoms with Gasteiger partial charge in [0, 0.05) is 44.6 Å². The monoisotopic (exact) mass is 959 g/mol. The molecule has 20 nitrogen and oxygen atoms in total. The summed E-state index contributed by atoms with van der Waals surface area (Å²) in [6.45, 7) is 13.5. The van der Waals surface area contributed by atoms with Crippen molar-refractivity contribution >= 4 is 53.4 Å². The molecule has 0 heterocycles. The van der Waals surface area contributed by atoms with Crippen LogP contribution in [0.15, 0.2) is 0 Å². The van der Waals surface area contributed by atoms with Crippen LogP contribution < -0.4 is 21.7 Å². The minimum absolute atomic E-state index is 0.00831. The summed E-state index contributed by atoms with van der Waals surface area (Å²) in [5.74, 6) is -6.57. The summed E-state index contributed by atoms with van der Waals surface area (Å²) in [7, 11) is 0. The Morgan fingerprint density at radius 3 is 1.51 bits per heavy atom. The molecule has 4 atom stereocenters. The van der Waals surface area contributed by atoms with E-state index in [0.29, 0.717) is 25.7 Å². The minimum atomic E-state index is -1.26. The van der Waals surface area contributed by atoms with Gasteiger partial charge in [-0.25, -0.2) is 9.59 Å². The van der Waals surface area contributed by atoms with Gasteiger partial charge in [-0.15, -0.1) is 0 Å². The smallest absolute Gasteiger partial charge is 0.328 e. The summed E-state index contributed by atoms with van der Waals surface area (Å²) in [6.07, 6.45) is 4.25. The van der Waals surface area contributed by atoms with E-state index in [4.69, 9.17) is 38.9 Å². The van der Waals surface area contributed by atoms with Gasteiger partial charge >= 0.3 is 29.8 Å². The number of carbonyl (C=O) groups excluding carboxylic acids is 9. The zero-order chi connectivity index (χ0) is 50.5. The maximum atomic E-state index is 13.9. The molecule has 0 aromatic heterocycles. The second kappa shape index (κ2) is 38.3. The molecule has 5 N–H and O–H groups in total. The third-order valence-corrected chi connectivity index (χ3v) is 9.66. The van der Waals surface area contributed by atoms with Crippen LogP contribution in [0.4, 0.5) is 0 Å². The number of carbonyl (C=O) groups is 9. The summed E-state index contributed by atoms with van der Waals surface area (Å²) < 4.78 is 37.3. The van der Waals surface area contributed by atoms with E-state index in [1.165, 1.54) is 0 Å². The lowest BCUT2D eigenvalue weighted by Crippen LogP contribution is -2.46. The molecule has 0 bridgehead atoms. The number of amides is 3. The van der Waals surface area contributed by atoms with Crippen molar-refractivity contribution in [1.82, 2.24) is 16.0 Å². The van der Waals surface area contributed by atoms with E-state index in [1.54, 1.807) is 20.8 Å². The quantitative estimate of drug-likeness (QED) is 0.0386. The molecule has 0 aliphatic carbocycles. The Kier molecular flexibility index (Phi) is 35.6. The van der Waals surface area contributed by atoms with Crippen LogP contribution in [0.2, 0.25) is 0 Å². The first kappa shape index (κ1) is 62.3. The standard InChI is InChI=1S/C47H82N4O16/c1-8-12-25-63-41(55)22-18-37(45(59)65-27-14-10-3)50-40(54)20-16-34(43(57)51-38(46(60)66-28-15-11-4)19-23-42(56)64-26-13-9-2)32-35(52)33-62-31-30-61-29-24-49-39(53)21-17-36(48)44(58)67-47(5,6)7/h34,36-38H,8-33,48H2,1-7H3,(H,49,53)(H,50,54)(H,51,57). The lowest BCUT2D eigenvalue weighted by atomic mass is 9.95. The molecule has 0 aromatic rings. The second-order valence-electron chi connectivity index (χ2n) is 17.1. The SMILES string of the molecule is CCCCOC(=O)CCC(NC(=O)CCC(CC(=O)COCCOCCNC(=O)CCC(N)C(=O)OC(C)(C)C)C(=O)NC(CCC(=O)OCCCC)C(=O)OCCCC)C(=O)OCCCC. The first-order valence-electron chi connectivity index (χ1n) is 24.0. The Labute approximate surface area is 397 Å². The molecule has 0 rings (SSSR count). The molecule has 67 heavy (non-hydrogen) atoms. The molecule has 0 saturated carbocycles. The molecule has 20 heteroatoms. The number of hydrogen-bond acceptors (Lipinski definition) is 17. The highest BCUT2D eigenvalue weighted by atomic mass is 16.6. The van der Waals surface area contributed by atoms with E-state index < -0.39 is 90.1 Å². The van der Waals surface area contributed by atoms with Crippen LogP contribution in [-0.2, 0) is 76.3 Å². The van der Waals surface area contributed by atoms with Crippen LogP contribution in [0.25, 0.3) is 0 Å². The lowest BCUT2D eigenvalue weighted by molar-refractivity contribution is -0.157. The third-order valence-electron chi connectivity index (χ3n) is 9.66. The summed E-state index contributed by atoms with van der Waals surface area (Å²) in [6, 6.07) is -3.38. The van der Waals surface area contributed by atoms with Crippen molar-refractivity contribution < 1.29 is 76.3 Å². The fourth-order valence-electron chi connectivity index (χ4n) is 5.72.